The zero-order valence-corrected chi connectivity index (χ0v) is 17.5. The van der Waals surface area contributed by atoms with E-state index in [4.69, 9.17) is 14.2 Å². The van der Waals surface area contributed by atoms with Crippen LogP contribution in [0.5, 0.6) is 5.75 Å². The van der Waals surface area contributed by atoms with Gasteiger partial charge in [-0.05, 0) is 6.07 Å². The summed E-state index contributed by atoms with van der Waals surface area (Å²) in [5.74, 6) is 2.55. The number of likely N-dealkylation sites (tertiary alicyclic amines) is 1. The highest BCUT2D eigenvalue weighted by Crippen LogP contribution is 2.30. The van der Waals surface area contributed by atoms with Gasteiger partial charge in [-0.2, -0.15) is 4.98 Å². The van der Waals surface area contributed by atoms with Gasteiger partial charge in [0.1, 0.15) is 10.8 Å². The molecule has 0 spiro atoms. The van der Waals surface area contributed by atoms with Crippen LogP contribution in [0.4, 0.5) is 0 Å². The maximum Gasteiger partial charge on any atom is 0.232 e. The standard InChI is InChI=1S/C23H22N4O2S/c1-28-20-10-6-5-9-17(20)11-21-25-22(29-26-21)18-12-27(13-18)14-19-15-30-23(24-19)16-7-3-2-4-8-16/h2-10,15,18H,11-14H2,1H3. The summed E-state index contributed by atoms with van der Waals surface area (Å²) < 4.78 is 10.9. The molecule has 152 valence electrons. The molecule has 4 aromatic rings. The molecule has 0 amide bonds. The van der Waals surface area contributed by atoms with E-state index < -0.39 is 0 Å². The monoisotopic (exact) mass is 418 g/mol. The lowest BCUT2D eigenvalue weighted by atomic mass is 10.00. The number of methoxy groups -OCH3 is 1. The van der Waals surface area contributed by atoms with Crippen LogP contribution in [-0.4, -0.2) is 40.2 Å². The van der Waals surface area contributed by atoms with Crippen LogP contribution in [0.1, 0.15) is 28.9 Å². The van der Waals surface area contributed by atoms with Gasteiger partial charge in [-0.3, -0.25) is 4.90 Å². The Kier molecular flexibility index (Phi) is 5.29. The van der Waals surface area contributed by atoms with E-state index in [0.717, 1.165) is 47.5 Å². The first-order chi connectivity index (χ1) is 14.8. The molecule has 2 aromatic carbocycles. The summed E-state index contributed by atoms with van der Waals surface area (Å²) >= 11 is 1.69. The minimum atomic E-state index is 0.288. The van der Waals surface area contributed by atoms with E-state index in [1.54, 1.807) is 18.4 Å². The third-order valence-corrected chi connectivity index (χ3v) is 6.23. The molecule has 1 saturated heterocycles. The summed E-state index contributed by atoms with van der Waals surface area (Å²) in [6.45, 7) is 2.67. The second kappa shape index (κ2) is 8.38. The smallest absolute Gasteiger partial charge is 0.232 e. The molecule has 7 heteroatoms. The van der Waals surface area contributed by atoms with Crippen LogP contribution < -0.4 is 4.74 Å². The first-order valence-corrected chi connectivity index (χ1v) is 10.8. The lowest BCUT2D eigenvalue weighted by Crippen LogP contribution is -2.44. The number of ether oxygens (including phenoxy) is 1. The Balaban J connectivity index is 1.16. The maximum atomic E-state index is 5.53. The van der Waals surface area contributed by atoms with Gasteiger partial charge in [0.15, 0.2) is 5.82 Å². The molecule has 0 N–H and O–H groups in total. The number of benzene rings is 2. The average Bonchev–Trinajstić information content (AvgIpc) is 3.41. The van der Waals surface area contributed by atoms with Crippen molar-refractivity contribution in [3.63, 3.8) is 0 Å². The van der Waals surface area contributed by atoms with E-state index in [0.29, 0.717) is 12.2 Å². The Morgan fingerprint density at radius 3 is 2.70 bits per heavy atom. The van der Waals surface area contributed by atoms with Crippen LogP contribution in [-0.2, 0) is 13.0 Å². The summed E-state index contributed by atoms with van der Waals surface area (Å²) in [5.41, 5.74) is 3.34. The quantitative estimate of drug-likeness (QED) is 0.443. The minimum Gasteiger partial charge on any atom is -0.496 e. The Labute approximate surface area is 179 Å². The number of para-hydroxylation sites is 1. The SMILES string of the molecule is COc1ccccc1Cc1noc(C2CN(Cc3csc(-c4ccccc4)n3)C2)n1. The molecule has 3 heterocycles. The van der Waals surface area contributed by atoms with Gasteiger partial charge in [0.25, 0.3) is 0 Å². The lowest BCUT2D eigenvalue weighted by molar-refractivity contribution is 0.116. The van der Waals surface area contributed by atoms with Gasteiger partial charge in [-0.15, -0.1) is 11.3 Å². The van der Waals surface area contributed by atoms with Crippen LogP contribution in [0.2, 0.25) is 0 Å². The Morgan fingerprint density at radius 2 is 1.87 bits per heavy atom. The molecule has 30 heavy (non-hydrogen) atoms. The van der Waals surface area contributed by atoms with Crippen LogP contribution in [0.25, 0.3) is 10.6 Å². The molecule has 1 fully saturated rings. The lowest BCUT2D eigenvalue weighted by Gasteiger charge is -2.36. The molecule has 6 nitrogen and oxygen atoms in total. The van der Waals surface area contributed by atoms with Crippen LogP contribution in [0.3, 0.4) is 0 Å². The molecule has 0 radical (unpaired) electrons. The topological polar surface area (TPSA) is 64.3 Å². The molecule has 1 aliphatic rings. The maximum absolute atomic E-state index is 5.53. The summed E-state index contributed by atoms with van der Waals surface area (Å²) in [6, 6.07) is 18.2. The van der Waals surface area contributed by atoms with Crippen LogP contribution in [0, 0.1) is 0 Å². The average molecular weight is 419 g/mol. The van der Waals surface area contributed by atoms with Crippen molar-refractivity contribution < 1.29 is 9.26 Å². The van der Waals surface area contributed by atoms with E-state index >= 15 is 0 Å². The molecule has 0 saturated carbocycles. The van der Waals surface area contributed by atoms with E-state index in [2.05, 4.69) is 32.6 Å². The molecular formula is C23H22N4O2S. The second-order valence-corrected chi connectivity index (χ2v) is 8.30. The summed E-state index contributed by atoms with van der Waals surface area (Å²) in [5, 5.41) is 7.38. The highest BCUT2D eigenvalue weighted by atomic mass is 32.1. The Bertz CT molecular complexity index is 1120. The molecule has 0 unspecified atom stereocenters. The van der Waals surface area contributed by atoms with Crippen LogP contribution >= 0.6 is 11.3 Å². The zero-order valence-electron chi connectivity index (χ0n) is 16.7. The predicted molar refractivity (Wildman–Crippen MR) is 116 cm³/mol. The first kappa shape index (κ1) is 19.0. The Morgan fingerprint density at radius 1 is 1.07 bits per heavy atom. The zero-order chi connectivity index (χ0) is 20.3. The minimum absolute atomic E-state index is 0.288. The van der Waals surface area contributed by atoms with Crippen molar-refractivity contribution in [1.29, 1.82) is 0 Å². The highest BCUT2D eigenvalue weighted by Gasteiger charge is 2.33. The molecule has 2 aromatic heterocycles. The fourth-order valence-corrected chi connectivity index (χ4v) is 4.52. The molecule has 1 aliphatic heterocycles. The molecular weight excluding hydrogens is 396 g/mol. The van der Waals surface area contributed by atoms with Crippen LogP contribution in [0.15, 0.2) is 64.5 Å². The number of hydrogen-bond acceptors (Lipinski definition) is 7. The summed E-state index contributed by atoms with van der Waals surface area (Å²) in [6.07, 6.45) is 0.602. The van der Waals surface area contributed by atoms with E-state index in [1.807, 2.05) is 42.5 Å². The molecule has 0 bridgehead atoms. The van der Waals surface area contributed by atoms with Gasteiger partial charge >= 0.3 is 0 Å². The van der Waals surface area contributed by atoms with Gasteiger partial charge in [-0.1, -0.05) is 53.7 Å². The fraction of sp³-hybridized carbons (Fsp3) is 0.261. The van der Waals surface area contributed by atoms with Crippen molar-refractivity contribution in [3.8, 4) is 16.3 Å². The third kappa shape index (κ3) is 3.99. The summed E-state index contributed by atoms with van der Waals surface area (Å²) in [4.78, 5) is 11.8. The predicted octanol–water partition coefficient (Wildman–Crippen LogP) is 4.39. The summed E-state index contributed by atoms with van der Waals surface area (Å²) in [7, 11) is 1.68. The second-order valence-electron chi connectivity index (χ2n) is 7.44. The van der Waals surface area contributed by atoms with Crippen molar-refractivity contribution in [3.05, 3.63) is 82.9 Å². The third-order valence-electron chi connectivity index (χ3n) is 5.29. The van der Waals surface area contributed by atoms with Gasteiger partial charge < -0.3 is 9.26 Å². The molecule has 0 atom stereocenters. The number of rotatable bonds is 7. The van der Waals surface area contributed by atoms with Crippen molar-refractivity contribution in [2.24, 2.45) is 0 Å². The van der Waals surface area contributed by atoms with Gasteiger partial charge in [-0.25, -0.2) is 4.98 Å². The molecule has 5 rings (SSSR count). The van der Waals surface area contributed by atoms with Crippen molar-refractivity contribution >= 4 is 11.3 Å². The Hall–Kier alpha value is -3.03. The number of hydrogen-bond donors (Lipinski definition) is 0. The van der Waals surface area contributed by atoms with Gasteiger partial charge in [0, 0.05) is 42.6 Å². The van der Waals surface area contributed by atoms with Gasteiger partial charge in [0.2, 0.25) is 5.89 Å². The van der Waals surface area contributed by atoms with Crippen molar-refractivity contribution in [2.45, 2.75) is 18.9 Å². The van der Waals surface area contributed by atoms with Crippen molar-refractivity contribution in [1.82, 2.24) is 20.0 Å². The van der Waals surface area contributed by atoms with Gasteiger partial charge in [0.05, 0.1) is 18.7 Å². The van der Waals surface area contributed by atoms with E-state index in [1.165, 1.54) is 5.56 Å². The normalized spacial score (nSPS) is 14.6. The van der Waals surface area contributed by atoms with E-state index in [9.17, 15) is 0 Å². The first-order valence-electron chi connectivity index (χ1n) is 9.95. The largest absolute Gasteiger partial charge is 0.496 e. The molecule has 0 aliphatic carbocycles. The number of aromatic nitrogens is 3. The van der Waals surface area contributed by atoms with Crippen molar-refractivity contribution in [2.75, 3.05) is 20.2 Å². The number of nitrogens with zero attached hydrogens (tertiary/aromatic N) is 4. The van der Waals surface area contributed by atoms with E-state index in [-0.39, 0.29) is 5.92 Å². The fourth-order valence-electron chi connectivity index (χ4n) is 3.70. The number of thiazole rings is 1. The highest BCUT2D eigenvalue weighted by molar-refractivity contribution is 7.13.